The lowest BCUT2D eigenvalue weighted by Crippen LogP contribution is -2.08. The van der Waals surface area contributed by atoms with Gasteiger partial charge in [-0.1, -0.05) is 17.7 Å². The first-order valence-corrected chi connectivity index (χ1v) is 6.53. The molecule has 0 saturated carbocycles. The van der Waals surface area contributed by atoms with Crippen molar-refractivity contribution in [1.82, 2.24) is 24.5 Å². The molecule has 0 aliphatic rings. The van der Waals surface area contributed by atoms with E-state index in [1.807, 2.05) is 25.1 Å². The molecule has 2 heterocycles. The van der Waals surface area contributed by atoms with Crippen molar-refractivity contribution in [3.05, 3.63) is 47.5 Å². The first-order chi connectivity index (χ1) is 10.1. The molecule has 2 aromatic heterocycles. The van der Waals surface area contributed by atoms with Crippen molar-refractivity contribution in [2.45, 2.75) is 6.92 Å². The van der Waals surface area contributed by atoms with Crippen molar-refractivity contribution in [3.63, 3.8) is 0 Å². The molecule has 1 aromatic carbocycles. The van der Waals surface area contributed by atoms with Gasteiger partial charge in [0, 0.05) is 12.4 Å². The molecule has 7 nitrogen and oxygen atoms in total. The summed E-state index contributed by atoms with van der Waals surface area (Å²) in [6.07, 6.45) is 4.93. The second-order valence-electron chi connectivity index (χ2n) is 4.40. The predicted octanol–water partition coefficient (Wildman–Crippen LogP) is 2.34. The number of benzene rings is 1. The van der Waals surface area contributed by atoms with Crippen LogP contribution in [0.4, 0.5) is 17.6 Å². The number of rotatable bonds is 3. The van der Waals surface area contributed by atoms with Crippen LogP contribution in [0, 0.1) is 6.92 Å². The van der Waals surface area contributed by atoms with E-state index in [9.17, 15) is 0 Å². The number of nitrogens with one attached hydrogen (secondary N) is 1. The van der Waals surface area contributed by atoms with Crippen LogP contribution in [-0.4, -0.2) is 24.5 Å². The van der Waals surface area contributed by atoms with E-state index in [0.717, 1.165) is 5.56 Å². The monoisotopic (exact) mass is 301 g/mol. The molecule has 0 unspecified atom stereocenters. The number of nitrogens with zero attached hydrogens (tertiary/aromatic N) is 5. The summed E-state index contributed by atoms with van der Waals surface area (Å²) in [6, 6.07) is 5.65. The molecule has 0 atom stereocenters. The van der Waals surface area contributed by atoms with E-state index in [-0.39, 0.29) is 5.95 Å². The van der Waals surface area contributed by atoms with Crippen LogP contribution in [0.25, 0.3) is 5.95 Å². The molecular weight excluding hydrogens is 290 g/mol. The molecule has 0 radical (unpaired) electrons. The topological polar surface area (TPSA) is 94.5 Å². The number of nitrogens with two attached hydrogens (primary N) is 1. The lowest BCUT2D eigenvalue weighted by atomic mass is 10.2. The van der Waals surface area contributed by atoms with E-state index in [1.54, 1.807) is 23.3 Å². The van der Waals surface area contributed by atoms with Crippen LogP contribution >= 0.6 is 11.6 Å². The molecule has 8 heteroatoms. The van der Waals surface area contributed by atoms with Crippen LogP contribution < -0.4 is 11.1 Å². The van der Waals surface area contributed by atoms with E-state index in [2.05, 4.69) is 25.3 Å². The molecule has 0 aliphatic carbocycles. The standard InChI is InChI=1S/C13H12ClN7/c1-8-2-3-10(9(14)6-8)17-12-18-11(15)19-13(20-12)21-5-4-16-7-21/h2-7H,1H3,(H3,15,17,18,19,20). The van der Waals surface area contributed by atoms with Crippen molar-refractivity contribution in [3.8, 4) is 5.95 Å². The van der Waals surface area contributed by atoms with Gasteiger partial charge in [0.25, 0.3) is 0 Å². The number of aryl methyl sites for hydroxylation is 1. The van der Waals surface area contributed by atoms with Crippen molar-refractivity contribution in [1.29, 1.82) is 0 Å². The minimum atomic E-state index is 0.111. The fraction of sp³-hybridized carbons (Fsp3) is 0.0769. The Morgan fingerprint density at radius 1 is 1.24 bits per heavy atom. The molecule has 0 bridgehead atoms. The summed E-state index contributed by atoms with van der Waals surface area (Å²) < 4.78 is 1.64. The second kappa shape index (κ2) is 5.37. The zero-order valence-electron chi connectivity index (χ0n) is 11.2. The maximum Gasteiger partial charge on any atom is 0.241 e. The van der Waals surface area contributed by atoms with Crippen LogP contribution in [0.2, 0.25) is 5.02 Å². The van der Waals surface area contributed by atoms with Crippen molar-refractivity contribution >= 4 is 29.2 Å². The van der Waals surface area contributed by atoms with E-state index < -0.39 is 0 Å². The van der Waals surface area contributed by atoms with Crippen LogP contribution in [0.1, 0.15) is 5.56 Å². The van der Waals surface area contributed by atoms with Gasteiger partial charge in [0.05, 0.1) is 10.7 Å². The van der Waals surface area contributed by atoms with Gasteiger partial charge in [-0.05, 0) is 24.6 Å². The number of halogens is 1. The Bertz CT molecular complexity index is 770. The third-order valence-corrected chi connectivity index (χ3v) is 3.06. The third-order valence-electron chi connectivity index (χ3n) is 2.75. The SMILES string of the molecule is Cc1ccc(Nc2nc(N)nc(-n3ccnc3)n2)c(Cl)c1. The molecular formula is C13H12ClN7. The third kappa shape index (κ3) is 2.92. The summed E-state index contributed by atoms with van der Waals surface area (Å²) in [4.78, 5) is 16.3. The Kier molecular flexibility index (Phi) is 3.41. The number of imidazole rings is 1. The summed E-state index contributed by atoms with van der Waals surface area (Å²) >= 11 is 6.18. The molecule has 3 N–H and O–H groups in total. The van der Waals surface area contributed by atoms with Crippen LogP contribution in [0.5, 0.6) is 0 Å². The first kappa shape index (κ1) is 13.3. The highest BCUT2D eigenvalue weighted by Gasteiger charge is 2.08. The van der Waals surface area contributed by atoms with Gasteiger partial charge in [-0.2, -0.15) is 15.0 Å². The fourth-order valence-corrected chi connectivity index (χ4v) is 2.05. The molecule has 0 aliphatic heterocycles. The molecule has 0 saturated heterocycles. The minimum Gasteiger partial charge on any atom is -0.368 e. The van der Waals surface area contributed by atoms with Crippen molar-refractivity contribution in [2.24, 2.45) is 0 Å². The van der Waals surface area contributed by atoms with Gasteiger partial charge in [-0.25, -0.2) is 4.98 Å². The zero-order chi connectivity index (χ0) is 14.8. The fourth-order valence-electron chi connectivity index (χ4n) is 1.77. The van der Waals surface area contributed by atoms with Crippen molar-refractivity contribution in [2.75, 3.05) is 11.1 Å². The van der Waals surface area contributed by atoms with Gasteiger partial charge in [-0.3, -0.25) is 4.57 Å². The van der Waals surface area contributed by atoms with Gasteiger partial charge < -0.3 is 11.1 Å². The summed E-state index contributed by atoms with van der Waals surface area (Å²) in [5, 5.41) is 3.62. The first-order valence-electron chi connectivity index (χ1n) is 6.15. The average Bonchev–Trinajstić information content (AvgIpc) is 2.95. The Balaban J connectivity index is 1.95. The second-order valence-corrected chi connectivity index (χ2v) is 4.80. The summed E-state index contributed by atoms with van der Waals surface area (Å²) in [6.45, 7) is 1.97. The predicted molar refractivity (Wildman–Crippen MR) is 80.8 cm³/mol. The van der Waals surface area contributed by atoms with Crippen LogP contribution in [0.3, 0.4) is 0 Å². The maximum absolute atomic E-state index is 6.18. The summed E-state index contributed by atoms with van der Waals surface area (Å²) in [7, 11) is 0. The quantitative estimate of drug-likeness (QED) is 0.771. The van der Waals surface area contributed by atoms with Crippen LogP contribution in [0.15, 0.2) is 36.9 Å². The molecule has 0 spiro atoms. The number of hydrogen-bond donors (Lipinski definition) is 2. The van der Waals surface area contributed by atoms with Gasteiger partial charge in [0.1, 0.15) is 6.33 Å². The van der Waals surface area contributed by atoms with Crippen LogP contribution in [-0.2, 0) is 0 Å². The summed E-state index contributed by atoms with van der Waals surface area (Å²) in [5.74, 6) is 0.808. The van der Waals surface area contributed by atoms with E-state index in [0.29, 0.717) is 22.6 Å². The zero-order valence-corrected chi connectivity index (χ0v) is 11.9. The highest BCUT2D eigenvalue weighted by atomic mass is 35.5. The van der Waals surface area contributed by atoms with Gasteiger partial charge in [0.15, 0.2) is 0 Å². The Morgan fingerprint density at radius 2 is 2.10 bits per heavy atom. The molecule has 106 valence electrons. The summed E-state index contributed by atoms with van der Waals surface area (Å²) in [5.41, 5.74) is 7.48. The lowest BCUT2D eigenvalue weighted by Gasteiger charge is -2.09. The molecule has 21 heavy (non-hydrogen) atoms. The Labute approximate surface area is 125 Å². The lowest BCUT2D eigenvalue weighted by molar-refractivity contribution is 0.906. The number of nitrogen functional groups attached to an aromatic ring is 1. The average molecular weight is 302 g/mol. The smallest absolute Gasteiger partial charge is 0.241 e. The molecule has 0 amide bonds. The number of aromatic nitrogens is 5. The van der Waals surface area contributed by atoms with Crippen molar-refractivity contribution < 1.29 is 0 Å². The van der Waals surface area contributed by atoms with E-state index in [1.165, 1.54) is 0 Å². The number of anilines is 3. The molecule has 3 rings (SSSR count). The highest BCUT2D eigenvalue weighted by Crippen LogP contribution is 2.25. The number of hydrogen-bond acceptors (Lipinski definition) is 6. The van der Waals surface area contributed by atoms with Gasteiger partial charge >= 0.3 is 0 Å². The maximum atomic E-state index is 6.18. The Hall–Kier alpha value is -2.67. The highest BCUT2D eigenvalue weighted by molar-refractivity contribution is 6.33. The minimum absolute atomic E-state index is 0.111. The van der Waals surface area contributed by atoms with E-state index >= 15 is 0 Å². The largest absolute Gasteiger partial charge is 0.368 e. The molecule has 0 fully saturated rings. The molecule has 3 aromatic rings. The normalized spacial score (nSPS) is 10.6. The van der Waals surface area contributed by atoms with Gasteiger partial charge in [-0.15, -0.1) is 0 Å². The van der Waals surface area contributed by atoms with E-state index in [4.69, 9.17) is 17.3 Å². The van der Waals surface area contributed by atoms with Gasteiger partial charge in [0.2, 0.25) is 17.8 Å². The Morgan fingerprint density at radius 3 is 2.81 bits per heavy atom.